The summed E-state index contributed by atoms with van der Waals surface area (Å²) in [7, 11) is -2.03. The molecule has 0 aliphatic heterocycles. The van der Waals surface area contributed by atoms with Crippen LogP contribution in [0.4, 0.5) is 0 Å². The number of carbonyl (C=O) groups is 1. The first-order chi connectivity index (χ1) is 14.0. The zero-order valence-electron chi connectivity index (χ0n) is 15.9. The van der Waals surface area contributed by atoms with Crippen LogP contribution < -0.4 is 9.46 Å². The van der Waals surface area contributed by atoms with Crippen molar-refractivity contribution in [1.82, 2.24) is 9.62 Å². The normalized spacial score (nSPS) is 11.2. The van der Waals surface area contributed by atoms with Crippen LogP contribution >= 0.6 is 0 Å². The highest BCUT2D eigenvalue weighted by Crippen LogP contribution is 2.13. The number of benzene rings is 2. The SMILES string of the molecule is CN(CCOc1ccccc1)C(=O)c1ccc(S(=O)(=O)NCc2ccco2)cc1. The van der Waals surface area contributed by atoms with E-state index in [0.717, 1.165) is 5.75 Å². The van der Waals surface area contributed by atoms with E-state index in [2.05, 4.69) is 4.72 Å². The molecule has 7 nitrogen and oxygen atoms in total. The monoisotopic (exact) mass is 414 g/mol. The van der Waals surface area contributed by atoms with E-state index >= 15 is 0 Å². The number of furan rings is 1. The molecule has 29 heavy (non-hydrogen) atoms. The highest BCUT2D eigenvalue weighted by Gasteiger charge is 2.17. The lowest BCUT2D eigenvalue weighted by Crippen LogP contribution is -2.31. The zero-order chi connectivity index (χ0) is 20.7. The highest BCUT2D eigenvalue weighted by atomic mass is 32.2. The Bertz CT molecular complexity index is 1020. The Morgan fingerprint density at radius 1 is 1.03 bits per heavy atom. The zero-order valence-corrected chi connectivity index (χ0v) is 16.8. The Kier molecular flexibility index (Phi) is 6.69. The number of ether oxygens (including phenoxy) is 1. The first kappa shape index (κ1) is 20.6. The summed E-state index contributed by atoms with van der Waals surface area (Å²) in [6, 6.07) is 18.5. The second-order valence-corrected chi connectivity index (χ2v) is 8.08. The Labute approximate surface area is 170 Å². The van der Waals surface area contributed by atoms with E-state index in [1.54, 1.807) is 19.2 Å². The van der Waals surface area contributed by atoms with Gasteiger partial charge in [-0.3, -0.25) is 4.79 Å². The minimum absolute atomic E-state index is 0.0557. The van der Waals surface area contributed by atoms with E-state index in [0.29, 0.717) is 24.5 Å². The molecular formula is C21H22N2O5S. The average Bonchev–Trinajstić information content (AvgIpc) is 3.26. The van der Waals surface area contributed by atoms with Crippen LogP contribution in [0.2, 0.25) is 0 Å². The van der Waals surface area contributed by atoms with Gasteiger partial charge in [0, 0.05) is 12.6 Å². The molecule has 1 aromatic heterocycles. The number of nitrogens with one attached hydrogen (secondary N) is 1. The van der Waals surface area contributed by atoms with Crippen molar-refractivity contribution in [3.63, 3.8) is 0 Å². The molecule has 0 spiro atoms. The van der Waals surface area contributed by atoms with Crippen molar-refractivity contribution >= 4 is 15.9 Å². The van der Waals surface area contributed by atoms with Gasteiger partial charge in [0.15, 0.2) is 0 Å². The molecule has 0 fully saturated rings. The smallest absolute Gasteiger partial charge is 0.253 e. The summed E-state index contributed by atoms with van der Waals surface area (Å²) >= 11 is 0. The molecule has 1 amide bonds. The molecular weight excluding hydrogens is 392 g/mol. The predicted octanol–water partition coefficient (Wildman–Crippen LogP) is 2.91. The number of hydrogen-bond donors (Lipinski definition) is 1. The molecule has 0 saturated carbocycles. The van der Waals surface area contributed by atoms with Gasteiger partial charge in [0.25, 0.3) is 5.91 Å². The van der Waals surface area contributed by atoms with Crippen LogP contribution in [0.1, 0.15) is 16.1 Å². The second-order valence-electron chi connectivity index (χ2n) is 6.32. The summed E-state index contributed by atoms with van der Waals surface area (Å²) in [6.45, 7) is 0.814. The lowest BCUT2D eigenvalue weighted by molar-refractivity contribution is 0.0773. The molecule has 0 radical (unpaired) electrons. The maximum atomic E-state index is 12.5. The van der Waals surface area contributed by atoms with Crippen LogP contribution in [0.25, 0.3) is 0 Å². The molecule has 0 saturated heterocycles. The predicted molar refractivity (Wildman–Crippen MR) is 108 cm³/mol. The van der Waals surface area contributed by atoms with Crippen molar-refractivity contribution in [3.8, 4) is 5.75 Å². The molecule has 0 bridgehead atoms. The lowest BCUT2D eigenvalue weighted by Gasteiger charge is -2.17. The number of rotatable bonds is 9. The first-order valence-electron chi connectivity index (χ1n) is 9.01. The number of hydrogen-bond acceptors (Lipinski definition) is 5. The number of para-hydroxylation sites is 1. The van der Waals surface area contributed by atoms with Gasteiger partial charge in [-0.2, -0.15) is 0 Å². The molecule has 3 aromatic rings. The topological polar surface area (TPSA) is 88.8 Å². The molecule has 152 valence electrons. The standard InChI is InChI=1S/C21H22N2O5S/c1-23(13-15-28-18-6-3-2-4-7-18)21(24)17-9-11-20(12-10-17)29(25,26)22-16-19-8-5-14-27-19/h2-12,14,22H,13,15-16H2,1H3. The molecule has 0 aliphatic rings. The van der Waals surface area contributed by atoms with Gasteiger partial charge in [0.2, 0.25) is 10.0 Å². The summed E-state index contributed by atoms with van der Waals surface area (Å²) in [5.41, 5.74) is 0.400. The quantitative estimate of drug-likeness (QED) is 0.582. The van der Waals surface area contributed by atoms with Gasteiger partial charge in [0.1, 0.15) is 18.1 Å². The van der Waals surface area contributed by atoms with Crippen LogP contribution in [-0.4, -0.2) is 39.4 Å². The molecule has 2 aromatic carbocycles. The number of sulfonamides is 1. The Balaban J connectivity index is 1.54. The molecule has 0 unspecified atom stereocenters. The van der Waals surface area contributed by atoms with Crippen molar-refractivity contribution in [3.05, 3.63) is 84.3 Å². The van der Waals surface area contributed by atoms with E-state index in [4.69, 9.17) is 9.15 Å². The summed E-state index contributed by atoms with van der Waals surface area (Å²) in [6.07, 6.45) is 1.48. The van der Waals surface area contributed by atoms with Gasteiger partial charge in [-0.15, -0.1) is 0 Å². The fourth-order valence-electron chi connectivity index (χ4n) is 2.58. The largest absolute Gasteiger partial charge is 0.492 e. The summed E-state index contributed by atoms with van der Waals surface area (Å²) in [5.74, 6) is 1.04. The molecule has 0 atom stereocenters. The van der Waals surface area contributed by atoms with Gasteiger partial charge in [0.05, 0.1) is 24.2 Å². The Morgan fingerprint density at radius 2 is 1.76 bits per heavy atom. The van der Waals surface area contributed by atoms with E-state index in [1.165, 1.54) is 35.4 Å². The fraction of sp³-hybridized carbons (Fsp3) is 0.190. The minimum Gasteiger partial charge on any atom is -0.492 e. The third-order valence-electron chi connectivity index (χ3n) is 4.21. The number of likely N-dealkylation sites (N-methyl/N-ethyl adjacent to an activating group) is 1. The summed E-state index contributed by atoms with van der Waals surface area (Å²) < 4.78 is 37.9. The van der Waals surface area contributed by atoms with Crippen molar-refractivity contribution in [2.75, 3.05) is 20.2 Å². The van der Waals surface area contributed by atoms with Crippen LogP contribution in [0, 0.1) is 0 Å². The van der Waals surface area contributed by atoms with Crippen LogP contribution in [-0.2, 0) is 16.6 Å². The molecule has 8 heteroatoms. The molecule has 1 N–H and O–H groups in total. The van der Waals surface area contributed by atoms with Crippen LogP contribution in [0.5, 0.6) is 5.75 Å². The Morgan fingerprint density at radius 3 is 2.41 bits per heavy atom. The average molecular weight is 414 g/mol. The number of carbonyl (C=O) groups excluding carboxylic acids is 1. The van der Waals surface area contributed by atoms with Crippen LogP contribution in [0.3, 0.4) is 0 Å². The van der Waals surface area contributed by atoms with Crippen LogP contribution in [0.15, 0.2) is 82.3 Å². The van der Waals surface area contributed by atoms with E-state index < -0.39 is 10.0 Å². The lowest BCUT2D eigenvalue weighted by atomic mass is 10.2. The third kappa shape index (κ3) is 5.69. The summed E-state index contributed by atoms with van der Waals surface area (Å²) in [4.78, 5) is 14.1. The molecule has 3 rings (SSSR count). The Hall–Kier alpha value is -3.10. The van der Waals surface area contributed by atoms with Crippen molar-refractivity contribution < 1.29 is 22.4 Å². The van der Waals surface area contributed by atoms with Gasteiger partial charge >= 0.3 is 0 Å². The third-order valence-corrected chi connectivity index (χ3v) is 5.63. The number of amides is 1. The molecule has 0 aliphatic carbocycles. The van der Waals surface area contributed by atoms with Crippen molar-refractivity contribution in [2.45, 2.75) is 11.4 Å². The first-order valence-corrected chi connectivity index (χ1v) is 10.5. The fourth-order valence-corrected chi connectivity index (χ4v) is 3.57. The minimum atomic E-state index is -3.70. The second kappa shape index (κ2) is 9.40. The van der Waals surface area contributed by atoms with Crippen molar-refractivity contribution in [2.24, 2.45) is 0 Å². The van der Waals surface area contributed by atoms with Gasteiger partial charge in [-0.25, -0.2) is 13.1 Å². The number of nitrogens with zero attached hydrogens (tertiary/aromatic N) is 1. The maximum Gasteiger partial charge on any atom is 0.253 e. The van der Waals surface area contributed by atoms with E-state index in [9.17, 15) is 13.2 Å². The van der Waals surface area contributed by atoms with E-state index in [1.807, 2.05) is 30.3 Å². The molecule has 1 heterocycles. The van der Waals surface area contributed by atoms with Gasteiger partial charge in [-0.1, -0.05) is 18.2 Å². The van der Waals surface area contributed by atoms with Crippen molar-refractivity contribution in [1.29, 1.82) is 0 Å². The van der Waals surface area contributed by atoms with Gasteiger partial charge in [-0.05, 0) is 48.5 Å². The maximum absolute atomic E-state index is 12.5. The highest BCUT2D eigenvalue weighted by molar-refractivity contribution is 7.89. The van der Waals surface area contributed by atoms with E-state index in [-0.39, 0.29) is 17.3 Å². The van der Waals surface area contributed by atoms with Gasteiger partial charge < -0.3 is 14.1 Å². The summed E-state index contributed by atoms with van der Waals surface area (Å²) in [5, 5.41) is 0.